The molecule has 2 aromatic carbocycles. The SMILES string of the molecule is N#C/C(=C/c1ccc(OCC(=O)O)cc1)c1ccc2ccccc2n1. The normalized spacial score (nSPS) is 11.1. The number of carboxylic acids is 1. The molecule has 0 saturated heterocycles. The predicted molar refractivity (Wildman–Crippen MR) is 94.8 cm³/mol. The van der Waals surface area contributed by atoms with Crippen molar-refractivity contribution in [3.05, 3.63) is 71.9 Å². The van der Waals surface area contributed by atoms with Crippen molar-refractivity contribution in [1.82, 2.24) is 4.98 Å². The van der Waals surface area contributed by atoms with Gasteiger partial charge in [-0.1, -0.05) is 36.4 Å². The van der Waals surface area contributed by atoms with Gasteiger partial charge >= 0.3 is 5.97 Å². The molecule has 0 spiro atoms. The summed E-state index contributed by atoms with van der Waals surface area (Å²) in [5.41, 5.74) is 2.69. The molecule has 1 heterocycles. The lowest BCUT2D eigenvalue weighted by Gasteiger charge is -2.04. The van der Waals surface area contributed by atoms with E-state index in [0.717, 1.165) is 16.5 Å². The first-order valence-electron chi connectivity index (χ1n) is 7.58. The average molecular weight is 330 g/mol. The highest BCUT2D eigenvalue weighted by molar-refractivity contribution is 5.90. The molecule has 25 heavy (non-hydrogen) atoms. The fourth-order valence-corrected chi connectivity index (χ4v) is 2.35. The summed E-state index contributed by atoms with van der Waals surface area (Å²) in [5.74, 6) is -0.569. The Kier molecular flexibility index (Phi) is 4.72. The molecule has 1 aromatic heterocycles. The number of nitriles is 1. The zero-order chi connectivity index (χ0) is 17.6. The highest BCUT2D eigenvalue weighted by Gasteiger charge is 2.05. The van der Waals surface area contributed by atoms with Crippen molar-refractivity contribution in [2.45, 2.75) is 0 Å². The predicted octanol–water partition coefficient (Wildman–Crippen LogP) is 3.76. The maximum atomic E-state index is 10.5. The molecule has 1 N–H and O–H groups in total. The summed E-state index contributed by atoms with van der Waals surface area (Å²) in [7, 11) is 0. The van der Waals surface area contributed by atoms with Gasteiger partial charge in [0.1, 0.15) is 11.8 Å². The number of hydrogen-bond donors (Lipinski definition) is 1. The van der Waals surface area contributed by atoms with Crippen LogP contribution < -0.4 is 4.74 Å². The molecule has 3 rings (SSSR count). The number of ether oxygens (including phenoxy) is 1. The molecular formula is C20H14N2O3. The molecule has 0 aliphatic carbocycles. The Balaban J connectivity index is 1.86. The van der Waals surface area contributed by atoms with Crippen LogP contribution in [0.5, 0.6) is 5.75 Å². The van der Waals surface area contributed by atoms with E-state index in [0.29, 0.717) is 17.0 Å². The van der Waals surface area contributed by atoms with Crippen LogP contribution in [0.3, 0.4) is 0 Å². The lowest BCUT2D eigenvalue weighted by atomic mass is 10.1. The number of para-hydroxylation sites is 1. The van der Waals surface area contributed by atoms with Crippen LogP contribution in [0.2, 0.25) is 0 Å². The number of hydrogen-bond acceptors (Lipinski definition) is 4. The topological polar surface area (TPSA) is 83.2 Å². The first-order chi connectivity index (χ1) is 12.2. The zero-order valence-corrected chi connectivity index (χ0v) is 13.2. The smallest absolute Gasteiger partial charge is 0.341 e. The number of nitrogens with zero attached hydrogens (tertiary/aromatic N) is 2. The second kappa shape index (κ2) is 7.28. The molecule has 5 nitrogen and oxygen atoms in total. The van der Waals surface area contributed by atoms with E-state index in [9.17, 15) is 10.1 Å². The summed E-state index contributed by atoms with van der Waals surface area (Å²) < 4.78 is 5.09. The summed E-state index contributed by atoms with van der Waals surface area (Å²) in [6.07, 6.45) is 1.73. The van der Waals surface area contributed by atoms with Crippen LogP contribution in [0.25, 0.3) is 22.6 Å². The van der Waals surface area contributed by atoms with Crippen LogP contribution >= 0.6 is 0 Å². The molecule has 3 aromatic rings. The molecule has 0 aliphatic rings. The second-order valence-corrected chi connectivity index (χ2v) is 5.31. The van der Waals surface area contributed by atoms with Crippen LogP contribution in [-0.4, -0.2) is 22.7 Å². The molecule has 0 bridgehead atoms. The van der Waals surface area contributed by atoms with Gasteiger partial charge in [0.25, 0.3) is 0 Å². The highest BCUT2D eigenvalue weighted by Crippen LogP contribution is 2.21. The van der Waals surface area contributed by atoms with Crippen LogP contribution in [0, 0.1) is 11.3 Å². The van der Waals surface area contributed by atoms with Crippen LogP contribution in [0.15, 0.2) is 60.7 Å². The van der Waals surface area contributed by atoms with Crippen LogP contribution in [-0.2, 0) is 4.79 Å². The third-order valence-corrected chi connectivity index (χ3v) is 3.55. The number of carboxylic acid groups (broad SMARTS) is 1. The van der Waals surface area contributed by atoms with E-state index in [1.807, 2.05) is 36.4 Å². The number of fused-ring (bicyclic) bond motifs is 1. The summed E-state index contributed by atoms with van der Waals surface area (Å²) in [5, 5.41) is 19.1. The minimum Gasteiger partial charge on any atom is -0.482 e. The zero-order valence-electron chi connectivity index (χ0n) is 13.2. The largest absolute Gasteiger partial charge is 0.482 e. The molecule has 0 saturated carbocycles. The first kappa shape index (κ1) is 16.2. The number of benzene rings is 2. The molecule has 0 fully saturated rings. The summed E-state index contributed by atoms with van der Waals surface area (Å²) in [4.78, 5) is 15.0. The third-order valence-electron chi connectivity index (χ3n) is 3.55. The van der Waals surface area contributed by atoms with E-state index in [1.165, 1.54) is 0 Å². The van der Waals surface area contributed by atoms with Crippen LogP contribution in [0.1, 0.15) is 11.3 Å². The van der Waals surface area contributed by atoms with E-state index >= 15 is 0 Å². The number of pyridine rings is 1. The third kappa shape index (κ3) is 4.01. The summed E-state index contributed by atoms with van der Waals surface area (Å²) in [6.45, 7) is -0.389. The van der Waals surface area contributed by atoms with Gasteiger partial charge in [-0.25, -0.2) is 9.78 Å². The molecule has 0 unspecified atom stereocenters. The molecular weight excluding hydrogens is 316 g/mol. The van der Waals surface area contributed by atoms with E-state index in [2.05, 4.69) is 11.1 Å². The quantitative estimate of drug-likeness (QED) is 0.720. The average Bonchev–Trinajstić information content (AvgIpc) is 2.65. The fourth-order valence-electron chi connectivity index (χ4n) is 2.35. The van der Waals surface area contributed by atoms with Crippen molar-refractivity contribution in [2.75, 3.05) is 6.61 Å². The highest BCUT2D eigenvalue weighted by atomic mass is 16.5. The van der Waals surface area contributed by atoms with Crippen LogP contribution in [0.4, 0.5) is 0 Å². The minimum atomic E-state index is -1.03. The van der Waals surface area contributed by atoms with Crippen molar-refractivity contribution in [2.24, 2.45) is 0 Å². The van der Waals surface area contributed by atoms with Crippen molar-refractivity contribution in [3.8, 4) is 11.8 Å². The van der Waals surface area contributed by atoms with Gasteiger partial charge in [-0.2, -0.15) is 5.26 Å². The van der Waals surface area contributed by atoms with Crippen molar-refractivity contribution in [3.63, 3.8) is 0 Å². The number of aromatic nitrogens is 1. The maximum Gasteiger partial charge on any atom is 0.341 e. The van der Waals surface area contributed by atoms with Gasteiger partial charge in [-0.15, -0.1) is 0 Å². The van der Waals surface area contributed by atoms with E-state index < -0.39 is 5.97 Å². The Bertz CT molecular complexity index is 986. The van der Waals surface area contributed by atoms with Gasteiger partial charge in [0.15, 0.2) is 6.61 Å². The Morgan fingerprint density at radius 2 is 1.88 bits per heavy atom. The molecule has 122 valence electrons. The van der Waals surface area contributed by atoms with Gasteiger partial charge in [-0.05, 0) is 35.9 Å². The van der Waals surface area contributed by atoms with Gasteiger partial charge in [0.2, 0.25) is 0 Å². The Hall–Kier alpha value is -3.65. The molecule has 0 aliphatic heterocycles. The Labute approximate surface area is 144 Å². The lowest BCUT2D eigenvalue weighted by Crippen LogP contribution is -2.09. The van der Waals surface area contributed by atoms with E-state index in [-0.39, 0.29) is 6.61 Å². The van der Waals surface area contributed by atoms with Gasteiger partial charge < -0.3 is 9.84 Å². The minimum absolute atomic E-state index is 0.389. The monoisotopic (exact) mass is 330 g/mol. The van der Waals surface area contributed by atoms with E-state index in [4.69, 9.17) is 9.84 Å². The Morgan fingerprint density at radius 1 is 1.12 bits per heavy atom. The van der Waals surface area contributed by atoms with Gasteiger partial charge in [0, 0.05) is 5.39 Å². The van der Waals surface area contributed by atoms with Crippen molar-refractivity contribution < 1.29 is 14.6 Å². The number of allylic oxidation sites excluding steroid dienone is 1. The number of aliphatic carboxylic acids is 1. The van der Waals surface area contributed by atoms with Crippen molar-refractivity contribution >= 4 is 28.5 Å². The second-order valence-electron chi connectivity index (χ2n) is 5.31. The van der Waals surface area contributed by atoms with E-state index in [1.54, 1.807) is 30.3 Å². The molecule has 5 heteroatoms. The standard InChI is InChI=1S/C20H14N2O3/c21-12-16(19-10-7-15-3-1-2-4-18(15)22-19)11-14-5-8-17(9-6-14)25-13-20(23)24/h1-11H,13H2,(H,23,24)/b16-11-. The molecule has 0 radical (unpaired) electrons. The summed E-state index contributed by atoms with van der Waals surface area (Å²) in [6, 6.07) is 20.5. The summed E-state index contributed by atoms with van der Waals surface area (Å²) >= 11 is 0. The molecule has 0 atom stereocenters. The first-order valence-corrected chi connectivity index (χ1v) is 7.58. The van der Waals surface area contributed by atoms with Crippen molar-refractivity contribution in [1.29, 1.82) is 5.26 Å². The lowest BCUT2D eigenvalue weighted by molar-refractivity contribution is -0.139. The van der Waals surface area contributed by atoms with Gasteiger partial charge in [-0.3, -0.25) is 0 Å². The van der Waals surface area contributed by atoms with Gasteiger partial charge in [0.05, 0.1) is 16.8 Å². The fraction of sp³-hybridized carbons (Fsp3) is 0.0500. The maximum absolute atomic E-state index is 10.5. The number of carbonyl (C=O) groups is 1. The number of rotatable bonds is 5. The Morgan fingerprint density at radius 3 is 2.60 bits per heavy atom. The molecule has 0 amide bonds.